The third-order valence-electron chi connectivity index (χ3n) is 0.325. The summed E-state index contributed by atoms with van der Waals surface area (Å²) in [7, 11) is 0. The summed E-state index contributed by atoms with van der Waals surface area (Å²) in [6, 6.07) is 0. The van der Waals surface area contributed by atoms with Gasteiger partial charge >= 0.3 is 0 Å². The molecule has 0 unspecified atom stereocenters. The van der Waals surface area contributed by atoms with Crippen LogP contribution in [-0.2, 0) is 0 Å². The second-order valence-electron chi connectivity index (χ2n) is 0.723. The molecule has 1 radical (unpaired) electrons. The zero-order valence-electron chi connectivity index (χ0n) is 4.24. The smallest absolute Gasteiger partial charge is 0.0211 e. The van der Waals surface area contributed by atoms with Crippen molar-refractivity contribution in [2.75, 3.05) is 5.33 Å². The van der Waals surface area contributed by atoms with Crippen LogP contribution in [0.25, 0.3) is 0 Å². The minimum Gasteiger partial charge on any atom is -0.0908 e. The molecule has 0 amide bonds. The van der Waals surface area contributed by atoms with E-state index >= 15 is 0 Å². The topological polar surface area (TPSA) is 0 Å². The van der Waals surface area contributed by atoms with Crippen LogP contribution in [0, 0.1) is 0 Å². The van der Waals surface area contributed by atoms with Crippen LogP contribution in [0.1, 0.15) is 6.92 Å². The molecule has 0 aromatic rings. The van der Waals surface area contributed by atoms with Gasteiger partial charge in [-0.2, -0.15) is 0 Å². The van der Waals surface area contributed by atoms with Gasteiger partial charge in [0.1, 0.15) is 0 Å². The van der Waals surface area contributed by atoms with Gasteiger partial charge in [-0.1, -0.05) is 28.1 Å². The Hall–Kier alpha value is 1.22. The van der Waals surface area contributed by atoms with Crippen molar-refractivity contribution < 1.29 is 0 Å². The molecule has 0 aliphatic heterocycles. The third kappa shape index (κ3) is 8.97. The fourth-order valence-corrected chi connectivity index (χ4v) is 0.463. The normalized spacial score (nSPS) is 8.33. The molecule has 0 aromatic carbocycles. The largest absolute Gasteiger partial charge is 0.0908 e. The van der Waals surface area contributed by atoms with Crippen molar-refractivity contribution in [3.8, 4) is 0 Å². The second-order valence-corrected chi connectivity index (χ2v) is 1.37. The van der Waals surface area contributed by atoms with Crippen molar-refractivity contribution in [1.82, 2.24) is 0 Å². The molecule has 0 aliphatic rings. The molecular formula is C4H7BrNa. The standard InChI is InChI=1S/C4H7Br.Na/c1-2-3-4-5;/h2-3H,4H2,1H3;. The van der Waals surface area contributed by atoms with Gasteiger partial charge in [-0.25, -0.2) is 0 Å². The summed E-state index contributed by atoms with van der Waals surface area (Å²) in [4.78, 5) is 0. The van der Waals surface area contributed by atoms with Gasteiger partial charge in [-0.3, -0.25) is 0 Å². The Kier molecular flexibility index (Phi) is 16.3. The Morgan fingerprint density at radius 1 is 1.67 bits per heavy atom. The van der Waals surface area contributed by atoms with Crippen molar-refractivity contribution >= 4 is 45.5 Å². The minimum absolute atomic E-state index is 0. The molecule has 31 valence electrons. The molecule has 0 aliphatic carbocycles. The first-order chi connectivity index (χ1) is 2.41. The average molecular weight is 158 g/mol. The van der Waals surface area contributed by atoms with Crippen molar-refractivity contribution in [2.24, 2.45) is 0 Å². The minimum atomic E-state index is 0. The monoisotopic (exact) mass is 157 g/mol. The van der Waals surface area contributed by atoms with Crippen molar-refractivity contribution in [3.05, 3.63) is 12.2 Å². The van der Waals surface area contributed by atoms with Crippen LogP contribution in [0.3, 0.4) is 0 Å². The van der Waals surface area contributed by atoms with Crippen LogP contribution in [0.2, 0.25) is 0 Å². The number of hydrogen-bond donors (Lipinski definition) is 0. The summed E-state index contributed by atoms with van der Waals surface area (Å²) >= 11 is 3.22. The Morgan fingerprint density at radius 3 is 2.17 bits per heavy atom. The second kappa shape index (κ2) is 9.52. The molecule has 0 heterocycles. The molecule has 6 heavy (non-hydrogen) atoms. The molecule has 2 heteroatoms. The molecule has 0 bridgehead atoms. The van der Waals surface area contributed by atoms with E-state index in [-0.39, 0.29) is 29.6 Å². The van der Waals surface area contributed by atoms with Crippen LogP contribution < -0.4 is 0 Å². The van der Waals surface area contributed by atoms with Gasteiger partial charge < -0.3 is 0 Å². The van der Waals surface area contributed by atoms with Gasteiger partial charge in [0.15, 0.2) is 0 Å². The Labute approximate surface area is 69.4 Å². The van der Waals surface area contributed by atoms with E-state index in [9.17, 15) is 0 Å². The third-order valence-corrected chi connectivity index (χ3v) is 0.699. The maximum absolute atomic E-state index is 3.22. The molecule has 0 fully saturated rings. The van der Waals surface area contributed by atoms with Crippen molar-refractivity contribution in [1.29, 1.82) is 0 Å². The number of rotatable bonds is 1. The van der Waals surface area contributed by atoms with E-state index in [0.29, 0.717) is 0 Å². The van der Waals surface area contributed by atoms with Gasteiger partial charge in [0, 0.05) is 34.9 Å². The number of halogens is 1. The van der Waals surface area contributed by atoms with Crippen molar-refractivity contribution in [2.45, 2.75) is 6.92 Å². The van der Waals surface area contributed by atoms with E-state index in [2.05, 4.69) is 15.9 Å². The molecule has 0 saturated carbocycles. The first-order valence-corrected chi connectivity index (χ1v) is 2.71. The van der Waals surface area contributed by atoms with E-state index in [1.807, 2.05) is 19.1 Å². The van der Waals surface area contributed by atoms with Crippen LogP contribution >= 0.6 is 15.9 Å². The SMILES string of the molecule is CC=CCBr.[Na]. The van der Waals surface area contributed by atoms with Crippen molar-refractivity contribution in [3.63, 3.8) is 0 Å². The molecule has 0 nitrogen and oxygen atoms in total. The number of hydrogen-bond acceptors (Lipinski definition) is 0. The predicted octanol–water partition coefficient (Wildman–Crippen LogP) is 1.58. The molecule has 0 aromatic heterocycles. The summed E-state index contributed by atoms with van der Waals surface area (Å²) in [5.41, 5.74) is 0. The zero-order valence-corrected chi connectivity index (χ0v) is 7.83. The van der Waals surface area contributed by atoms with Gasteiger partial charge in [0.05, 0.1) is 0 Å². The van der Waals surface area contributed by atoms with E-state index in [4.69, 9.17) is 0 Å². The molecular weight excluding hydrogens is 151 g/mol. The van der Waals surface area contributed by atoms with E-state index in [0.717, 1.165) is 5.33 Å². The first-order valence-electron chi connectivity index (χ1n) is 1.59. The van der Waals surface area contributed by atoms with Crippen LogP contribution in [0.4, 0.5) is 0 Å². The summed E-state index contributed by atoms with van der Waals surface area (Å²) in [6.07, 6.45) is 4.05. The summed E-state index contributed by atoms with van der Waals surface area (Å²) < 4.78 is 0. The van der Waals surface area contributed by atoms with Crippen LogP contribution in [0.15, 0.2) is 12.2 Å². The molecule has 0 N–H and O–H groups in total. The average Bonchev–Trinajstić information content (AvgIpc) is 1.41. The maximum Gasteiger partial charge on any atom is 0.0211 e. The fraction of sp³-hybridized carbons (Fsp3) is 0.500. The zero-order chi connectivity index (χ0) is 4.12. The van der Waals surface area contributed by atoms with Gasteiger partial charge in [-0.15, -0.1) is 0 Å². The van der Waals surface area contributed by atoms with Gasteiger partial charge in [0.2, 0.25) is 0 Å². The fourth-order valence-electron chi connectivity index (χ4n) is 0.0891. The molecule has 0 saturated heterocycles. The quantitative estimate of drug-likeness (QED) is 0.308. The summed E-state index contributed by atoms with van der Waals surface area (Å²) in [5.74, 6) is 0. The van der Waals surface area contributed by atoms with Crippen LogP contribution in [0.5, 0.6) is 0 Å². The number of alkyl halides is 1. The number of allylic oxidation sites excluding steroid dienone is 2. The Balaban J connectivity index is 0. The maximum atomic E-state index is 3.22. The Morgan fingerprint density at radius 2 is 2.17 bits per heavy atom. The predicted molar refractivity (Wildman–Crippen MR) is 34.4 cm³/mol. The van der Waals surface area contributed by atoms with Gasteiger partial charge in [-0.05, 0) is 6.92 Å². The molecule has 0 rings (SSSR count). The first kappa shape index (κ1) is 10.3. The van der Waals surface area contributed by atoms with E-state index in [1.165, 1.54) is 0 Å². The van der Waals surface area contributed by atoms with E-state index in [1.54, 1.807) is 0 Å². The molecule has 0 atom stereocenters. The summed E-state index contributed by atoms with van der Waals surface area (Å²) in [6.45, 7) is 2.00. The van der Waals surface area contributed by atoms with E-state index < -0.39 is 0 Å². The summed E-state index contributed by atoms with van der Waals surface area (Å²) in [5, 5.41) is 0.976. The van der Waals surface area contributed by atoms with Crippen LogP contribution in [-0.4, -0.2) is 34.9 Å². The van der Waals surface area contributed by atoms with Gasteiger partial charge in [0.25, 0.3) is 0 Å². The Bertz CT molecular complexity index is 34.5. The molecule has 0 spiro atoms.